The number of rotatable bonds is 8. The molecule has 3 N–H and O–H groups in total. The highest BCUT2D eigenvalue weighted by Crippen LogP contribution is 2.28. The molecule has 35 heavy (non-hydrogen) atoms. The van der Waals surface area contributed by atoms with Crippen LogP contribution in [0.1, 0.15) is 39.0 Å². The number of benzene rings is 3. The van der Waals surface area contributed by atoms with Crippen molar-refractivity contribution in [1.82, 2.24) is 9.78 Å². The molecule has 0 saturated carbocycles. The fourth-order valence-corrected chi connectivity index (χ4v) is 3.90. The summed E-state index contributed by atoms with van der Waals surface area (Å²) in [5, 5.41) is 24.1. The molecule has 1 unspecified atom stereocenters. The van der Waals surface area contributed by atoms with Crippen LogP contribution in [0.15, 0.2) is 72.8 Å². The largest absolute Gasteiger partial charge is 0.466 e. The number of nitrogens with one attached hydrogen (secondary N) is 2. The molecule has 0 aliphatic rings. The van der Waals surface area contributed by atoms with Gasteiger partial charge in [0.05, 0.1) is 24.4 Å². The van der Waals surface area contributed by atoms with Crippen LogP contribution in [-0.2, 0) is 21.4 Å². The minimum absolute atomic E-state index is 0.184. The first kappa shape index (κ1) is 24.3. The highest BCUT2D eigenvalue weighted by atomic mass is 16.5. The van der Waals surface area contributed by atoms with Crippen molar-refractivity contribution in [3.63, 3.8) is 0 Å². The molecular formula is C28H32N4O3. The summed E-state index contributed by atoms with van der Waals surface area (Å²) in [6.45, 7) is 8.41. The van der Waals surface area contributed by atoms with Crippen LogP contribution < -0.4 is 10.6 Å². The average Bonchev–Trinajstić information content (AvgIpc) is 3.24. The quantitative estimate of drug-likeness (QED) is 0.240. The van der Waals surface area contributed by atoms with E-state index in [0.29, 0.717) is 12.4 Å². The molecule has 0 amide bonds. The number of esters is 1. The van der Waals surface area contributed by atoms with Crippen LogP contribution in [0.3, 0.4) is 0 Å². The van der Waals surface area contributed by atoms with Gasteiger partial charge in [0.1, 0.15) is 5.82 Å². The van der Waals surface area contributed by atoms with Crippen LogP contribution in [0.25, 0.3) is 16.5 Å². The normalized spacial score (nSPS) is 12.4. The van der Waals surface area contributed by atoms with Crippen molar-refractivity contribution in [3.05, 3.63) is 84.1 Å². The lowest BCUT2D eigenvalue weighted by Crippen LogP contribution is -2.29. The van der Waals surface area contributed by atoms with Crippen molar-refractivity contribution >= 4 is 28.2 Å². The van der Waals surface area contributed by atoms with E-state index in [0.717, 1.165) is 33.4 Å². The van der Waals surface area contributed by atoms with Crippen LogP contribution in [0, 0.1) is 0 Å². The fraction of sp³-hybridized carbons (Fsp3) is 0.286. The summed E-state index contributed by atoms with van der Waals surface area (Å²) in [4.78, 5) is 12.0. The Morgan fingerprint density at radius 2 is 1.77 bits per heavy atom. The predicted octanol–water partition coefficient (Wildman–Crippen LogP) is 5.23. The Hall–Kier alpha value is -3.84. The topological polar surface area (TPSA) is 88.4 Å². The number of ether oxygens (including phenoxy) is 1. The van der Waals surface area contributed by atoms with Crippen LogP contribution in [0.4, 0.5) is 11.5 Å². The van der Waals surface area contributed by atoms with Gasteiger partial charge in [-0.15, -0.1) is 0 Å². The van der Waals surface area contributed by atoms with Crippen LogP contribution in [0.2, 0.25) is 0 Å². The first-order valence-electron chi connectivity index (χ1n) is 11.8. The first-order chi connectivity index (χ1) is 16.7. The van der Waals surface area contributed by atoms with E-state index in [1.54, 1.807) is 11.6 Å². The molecule has 1 heterocycles. The molecule has 0 spiro atoms. The maximum atomic E-state index is 12.0. The Morgan fingerprint density at radius 1 is 1.03 bits per heavy atom. The van der Waals surface area contributed by atoms with Gasteiger partial charge in [-0.25, -0.2) is 4.68 Å². The summed E-state index contributed by atoms with van der Waals surface area (Å²) in [7, 11) is 0. The van der Waals surface area contributed by atoms with Crippen molar-refractivity contribution in [1.29, 1.82) is 0 Å². The van der Waals surface area contributed by atoms with E-state index in [9.17, 15) is 9.90 Å². The second-order valence-corrected chi connectivity index (χ2v) is 9.45. The standard InChI is InChI=1S/C28H32N4O3/c1-5-35-26(33)17-19-10-8-13-21(16-19)32-25(18-24(31-32)28(2,3)4)30-27(34)29-23-15-9-12-20-11-6-7-14-22(20)23/h6-16,18,27,29-30,34H,5,17H2,1-4H3. The molecule has 0 bridgehead atoms. The third-order valence-corrected chi connectivity index (χ3v) is 5.65. The zero-order valence-corrected chi connectivity index (χ0v) is 20.6. The molecule has 3 aromatic carbocycles. The van der Waals surface area contributed by atoms with Gasteiger partial charge in [-0.1, -0.05) is 69.3 Å². The molecule has 0 saturated heterocycles. The number of carbonyl (C=O) groups excluding carboxylic acids is 1. The number of aliphatic hydroxyl groups is 1. The molecule has 1 aromatic heterocycles. The van der Waals surface area contributed by atoms with E-state index < -0.39 is 6.35 Å². The van der Waals surface area contributed by atoms with E-state index in [1.807, 2.05) is 72.8 Å². The third kappa shape index (κ3) is 5.81. The number of carbonyl (C=O) groups is 1. The molecule has 0 aliphatic heterocycles. The van der Waals surface area contributed by atoms with E-state index in [1.165, 1.54) is 0 Å². The maximum Gasteiger partial charge on any atom is 0.310 e. The van der Waals surface area contributed by atoms with Crippen molar-refractivity contribution < 1.29 is 14.6 Å². The van der Waals surface area contributed by atoms with Gasteiger partial charge in [-0.05, 0) is 36.1 Å². The number of fused-ring (bicyclic) bond motifs is 1. The molecule has 4 aromatic rings. The van der Waals surface area contributed by atoms with Crippen molar-refractivity contribution in [2.24, 2.45) is 0 Å². The van der Waals surface area contributed by atoms with Crippen LogP contribution >= 0.6 is 0 Å². The molecule has 0 radical (unpaired) electrons. The number of nitrogens with zero attached hydrogens (tertiary/aromatic N) is 2. The highest BCUT2D eigenvalue weighted by molar-refractivity contribution is 5.93. The van der Waals surface area contributed by atoms with Gasteiger partial charge in [0.2, 0.25) is 6.35 Å². The number of hydrogen-bond acceptors (Lipinski definition) is 6. The predicted molar refractivity (Wildman–Crippen MR) is 140 cm³/mol. The first-order valence-corrected chi connectivity index (χ1v) is 11.8. The zero-order chi connectivity index (χ0) is 25.0. The molecule has 7 heteroatoms. The second kappa shape index (κ2) is 10.2. The zero-order valence-electron chi connectivity index (χ0n) is 20.6. The van der Waals surface area contributed by atoms with Gasteiger partial charge in [-0.3, -0.25) is 4.79 Å². The van der Waals surface area contributed by atoms with Crippen LogP contribution in [-0.4, -0.2) is 33.8 Å². The van der Waals surface area contributed by atoms with Crippen LogP contribution in [0.5, 0.6) is 0 Å². The Bertz CT molecular complexity index is 1320. The van der Waals surface area contributed by atoms with E-state index >= 15 is 0 Å². The highest BCUT2D eigenvalue weighted by Gasteiger charge is 2.22. The smallest absolute Gasteiger partial charge is 0.310 e. The summed E-state index contributed by atoms with van der Waals surface area (Å²) in [6.07, 6.45) is -0.880. The average molecular weight is 473 g/mol. The molecular weight excluding hydrogens is 440 g/mol. The van der Waals surface area contributed by atoms with Crippen molar-refractivity contribution in [2.75, 3.05) is 17.2 Å². The summed E-state index contributed by atoms with van der Waals surface area (Å²) in [6, 6.07) is 23.5. The van der Waals surface area contributed by atoms with Gasteiger partial charge in [0, 0.05) is 22.6 Å². The van der Waals surface area contributed by atoms with E-state index in [2.05, 4.69) is 31.4 Å². The molecule has 1 atom stereocenters. The monoisotopic (exact) mass is 472 g/mol. The number of anilines is 2. The lowest BCUT2D eigenvalue weighted by Gasteiger charge is -2.19. The summed E-state index contributed by atoms with van der Waals surface area (Å²) >= 11 is 0. The van der Waals surface area contributed by atoms with Gasteiger partial charge in [-0.2, -0.15) is 5.10 Å². The van der Waals surface area contributed by atoms with Gasteiger partial charge >= 0.3 is 5.97 Å². The summed E-state index contributed by atoms with van der Waals surface area (Å²) in [5.41, 5.74) is 3.10. The number of aromatic nitrogens is 2. The molecule has 4 rings (SSSR count). The Labute approximate surface area is 205 Å². The third-order valence-electron chi connectivity index (χ3n) is 5.65. The lowest BCUT2D eigenvalue weighted by atomic mass is 9.92. The van der Waals surface area contributed by atoms with Gasteiger partial charge in [0.25, 0.3) is 0 Å². The SMILES string of the molecule is CCOC(=O)Cc1cccc(-n2nc(C(C)(C)C)cc2NC(O)Nc2cccc3ccccc23)c1. The number of aliphatic hydroxyl groups excluding tert-OH is 1. The Kier molecular flexibility index (Phi) is 7.07. The van der Waals surface area contributed by atoms with E-state index in [4.69, 9.17) is 9.84 Å². The lowest BCUT2D eigenvalue weighted by molar-refractivity contribution is -0.142. The molecule has 0 fully saturated rings. The summed E-state index contributed by atoms with van der Waals surface area (Å²) < 4.78 is 6.84. The number of hydrogen-bond donors (Lipinski definition) is 3. The fourth-order valence-electron chi connectivity index (χ4n) is 3.90. The maximum absolute atomic E-state index is 12.0. The van der Waals surface area contributed by atoms with Crippen molar-refractivity contribution in [3.8, 4) is 5.69 Å². The van der Waals surface area contributed by atoms with Gasteiger partial charge in [0.15, 0.2) is 0 Å². The summed E-state index contributed by atoms with van der Waals surface area (Å²) in [5.74, 6) is 0.358. The molecule has 7 nitrogen and oxygen atoms in total. The van der Waals surface area contributed by atoms with Crippen molar-refractivity contribution in [2.45, 2.75) is 45.9 Å². The molecule has 182 valence electrons. The second-order valence-electron chi connectivity index (χ2n) is 9.45. The minimum Gasteiger partial charge on any atom is -0.466 e. The Balaban J connectivity index is 1.63. The minimum atomic E-state index is -1.06. The van der Waals surface area contributed by atoms with Gasteiger partial charge < -0.3 is 20.5 Å². The molecule has 0 aliphatic carbocycles. The van der Waals surface area contributed by atoms with E-state index in [-0.39, 0.29) is 17.8 Å². The Morgan fingerprint density at radius 3 is 2.54 bits per heavy atom.